The summed E-state index contributed by atoms with van der Waals surface area (Å²) >= 11 is 0. The molecule has 0 aromatic heterocycles. The Hall–Kier alpha value is -3.37. The van der Waals surface area contributed by atoms with E-state index in [-0.39, 0.29) is 18.1 Å². The van der Waals surface area contributed by atoms with E-state index < -0.39 is 21.8 Å². The van der Waals surface area contributed by atoms with Crippen molar-refractivity contribution in [3.8, 4) is 0 Å². The van der Waals surface area contributed by atoms with Crippen molar-refractivity contribution >= 4 is 21.6 Å². The van der Waals surface area contributed by atoms with Crippen molar-refractivity contribution in [2.45, 2.75) is 19.3 Å². The summed E-state index contributed by atoms with van der Waals surface area (Å²) in [5.74, 6) is -0.322. The lowest BCUT2D eigenvalue weighted by atomic mass is 10.1. The predicted molar refractivity (Wildman–Crippen MR) is 127 cm³/mol. The molecule has 0 aliphatic rings. The maximum absolute atomic E-state index is 13.1. The fraction of sp³-hybridized carbons (Fsp3) is 0.240. The van der Waals surface area contributed by atoms with Gasteiger partial charge in [0.2, 0.25) is 10.0 Å². The number of anilines is 1. The summed E-state index contributed by atoms with van der Waals surface area (Å²) in [7, 11) is -3.87. The maximum atomic E-state index is 13.1. The van der Waals surface area contributed by atoms with Crippen LogP contribution in [-0.2, 0) is 34.1 Å². The second kappa shape index (κ2) is 11.4. The Morgan fingerprint density at radius 2 is 1.63 bits per heavy atom. The Morgan fingerprint density at radius 3 is 2.26 bits per heavy atom. The molecular formula is C25H25F3N2O4S. The zero-order chi connectivity index (χ0) is 25.5. The number of amides is 1. The molecule has 0 saturated carbocycles. The summed E-state index contributed by atoms with van der Waals surface area (Å²) in [4.78, 5) is 12.3. The fourth-order valence-corrected chi connectivity index (χ4v) is 4.15. The number of rotatable bonds is 10. The van der Waals surface area contributed by atoms with Crippen LogP contribution in [0.1, 0.15) is 27.0 Å². The number of nitrogens with zero attached hydrogens (tertiary/aromatic N) is 1. The van der Waals surface area contributed by atoms with E-state index in [9.17, 15) is 26.4 Å². The van der Waals surface area contributed by atoms with Gasteiger partial charge in [-0.15, -0.1) is 0 Å². The standard InChI is InChI=1S/C25H25F3N2O4S/c1-35(32,33)30(23-9-5-8-22(16-23)25(26,27)28)17-19-10-12-21(13-11-19)24(31)29-14-15-34-18-20-6-3-2-4-7-20/h2-13,16H,14-15,17-18H2,1H3,(H,29,31). The Balaban J connectivity index is 1.59. The van der Waals surface area contributed by atoms with E-state index in [0.717, 1.165) is 34.3 Å². The highest BCUT2D eigenvalue weighted by molar-refractivity contribution is 7.92. The average molecular weight is 507 g/mol. The highest BCUT2D eigenvalue weighted by Crippen LogP contribution is 2.32. The van der Waals surface area contributed by atoms with Gasteiger partial charge in [0.15, 0.2) is 0 Å². The maximum Gasteiger partial charge on any atom is 0.416 e. The number of alkyl halides is 3. The number of benzene rings is 3. The number of carbonyl (C=O) groups is 1. The lowest BCUT2D eigenvalue weighted by Gasteiger charge is -2.23. The molecule has 0 atom stereocenters. The third-order valence-electron chi connectivity index (χ3n) is 5.05. The molecular weight excluding hydrogens is 481 g/mol. The van der Waals surface area contributed by atoms with Crippen LogP contribution in [0.5, 0.6) is 0 Å². The minimum Gasteiger partial charge on any atom is -0.375 e. The van der Waals surface area contributed by atoms with E-state index in [1.807, 2.05) is 30.3 Å². The van der Waals surface area contributed by atoms with Gasteiger partial charge in [-0.1, -0.05) is 48.5 Å². The molecule has 0 bridgehead atoms. The molecule has 186 valence electrons. The van der Waals surface area contributed by atoms with E-state index in [1.165, 1.54) is 18.2 Å². The number of ether oxygens (including phenoxy) is 1. The molecule has 0 fully saturated rings. The lowest BCUT2D eigenvalue weighted by molar-refractivity contribution is -0.137. The molecule has 0 radical (unpaired) electrons. The van der Waals surface area contributed by atoms with Crippen LogP contribution in [0.3, 0.4) is 0 Å². The molecule has 3 rings (SSSR count). The van der Waals surface area contributed by atoms with Crippen LogP contribution >= 0.6 is 0 Å². The van der Waals surface area contributed by atoms with E-state index in [1.54, 1.807) is 12.1 Å². The second-order valence-corrected chi connectivity index (χ2v) is 9.72. The summed E-state index contributed by atoms with van der Waals surface area (Å²) in [6.45, 7) is 0.896. The van der Waals surface area contributed by atoms with Gasteiger partial charge in [0.25, 0.3) is 5.91 Å². The highest BCUT2D eigenvalue weighted by atomic mass is 32.2. The molecule has 0 aliphatic heterocycles. The van der Waals surface area contributed by atoms with Crippen molar-refractivity contribution in [3.63, 3.8) is 0 Å². The summed E-state index contributed by atoms with van der Waals surface area (Å²) in [6, 6.07) is 20.0. The van der Waals surface area contributed by atoms with Gasteiger partial charge in [-0.2, -0.15) is 13.2 Å². The van der Waals surface area contributed by atoms with Crippen LogP contribution in [0.25, 0.3) is 0 Å². The molecule has 3 aromatic carbocycles. The third kappa shape index (κ3) is 7.83. The summed E-state index contributed by atoms with van der Waals surface area (Å²) in [5, 5.41) is 2.74. The van der Waals surface area contributed by atoms with Gasteiger partial charge in [0.05, 0.1) is 37.3 Å². The molecule has 0 spiro atoms. The van der Waals surface area contributed by atoms with Gasteiger partial charge >= 0.3 is 6.18 Å². The quantitative estimate of drug-likeness (QED) is 0.407. The Morgan fingerprint density at radius 1 is 0.943 bits per heavy atom. The molecule has 6 nitrogen and oxygen atoms in total. The molecule has 0 unspecified atom stereocenters. The van der Waals surface area contributed by atoms with Crippen molar-refractivity contribution in [1.82, 2.24) is 5.32 Å². The van der Waals surface area contributed by atoms with Gasteiger partial charge in [0.1, 0.15) is 0 Å². The minimum absolute atomic E-state index is 0.0975. The predicted octanol–water partition coefficient (Wildman–Crippen LogP) is 4.62. The van der Waals surface area contributed by atoms with Crippen molar-refractivity contribution in [3.05, 3.63) is 101 Å². The molecule has 35 heavy (non-hydrogen) atoms. The van der Waals surface area contributed by atoms with E-state index in [4.69, 9.17) is 4.74 Å². The topological polar surface area (TPSA) is 75.7 Å². The van der Waals surface area contributed by atoms with Gasteiger partial charge in [0, 0.05) is 12.1 Å². The first-order chi connectivity index (χ1) is 16.5. The Bertz CT molecular complexity index is 1230. The van der Waals surface area contributed by atoms with Crippen LogP contribution in [0.4, 0.5) is 18.9 Å². The molecule has 3 aromatic rings. The van der Waals surface area contributed by atoms with Gasteiger partial charge in [-0.3, -0.25) is 9.10 Å². The zero-order valence-electron chi connectivity index (χ0n) is 19.0. The first kappa shape index (κ1) is 26.2. The van der Waals surface area contributed by atoms with Crippen LogP contribution in [0.2, 0.25) is 0 Å². The molecule has 1 amide bonds. The SMILES string of the molecule is CS(=O)(=O)N(Cc1ccc(C(=O)NCCOCc2ccccc2)cc1)c1cccc(C(F)(F)F)c1. The van der Waals surface area contributed by atoms with E-state index in [0.29, 0.717) is 30.9 Å². The summed E-state index contributed by atoms with van der Waals surface area (Å²) in [5.41, 5.74) is 0.864. The smallest absolute Gasteiger partial charge is 0.375 e. The zero-order valence-corrected chi connectivity index (χ0v) is 19.8. The van der Waals surface area contributed by atoms with Crippen LogP contribution in [0, 0.1) is 0 Å². The van der Waals surface area contributed by atoms with Crippen molar-refractivity contribution < 1.29 is 31.1 Å². The highest BCUT2D eigenvalue weighted by Gasteiger charge is 2.31. The largest absolute Gasteiger partial charge is 0.416 e. The first-order valence-electron chi connectivity index (χ1n) is 10.7. The van der Waals surface area contributed by atoms with Crippen molar-refractivity contribution in [1.29, 1.82) is 0 Å². The number of halogens is 3. The van der Waals surface area contributed by atoms with Crippen LogP contribution in [-0.4, -0.2) is 33.7 Å². The van der Waals surface area contributed by atoms with Gasteiger partial charge in [-0.05, 0) is 41.5 Å². The number of nitrogens with one attached hydrogen (secondary N) is 1. The Kier molecular flexibility index (Phi) is 8.52. The second-order valence-electron chi connectivity index (χ2n) is 7.81. The third-order valence-corrected chi connectivity index (χ3v) is 6.19. The van der Waals surface area contributed by atoms with Crippen LogP contribution < -0.4 is 9.62 Å². The molecule has 1 N–H and O–H groups in total. The number of hydrogen-bond donors (Lipinski definition) is 1. The fourth-order valence-electron chi connectivity index (χ4n) is 3.27. The number of sulfonamides is 1. The van der Waals surface area contributed by atoms with Crippen molar-refractivity contribution in [2.75, 3.05) is 23.7 Å². The lowest BCUT2D eigenvalue weighted by Crippen LogP contribution is -2.30. The molecule has 0 saturated heterocycles. The van der Waals surface area contributed by atoms with Gasteiger partial charge < -0.3 is 10.1 Å². The van der Waals surface area contributed by atoms with E-state index in [2.05, 4.69) is 5.32 Å². The summed E-state index contributed by atoms with van der Waals surface area (Å²) < 4.78 is 70.2. The number of carbonyl (C=O) groups excluding carboxylic acids is 1. The summed E-state index contributed by atoms with van der Waals surface area (Å²) in [6.07, 6.45) is -3.67. The average Bonchev–Trinajstić information content (AvgIpc) is 2.82. The molecule has 10 heteroatoms. The monoisotopic (exact) mass is 506 g/mol. The van der Waals surface area contributed by atoms with E-state index >= 15 is 0 Å². The van der Waals surface area contributed by atoms with Crippen LogP contribution in [0.15, 0.2) is 78.9 Å². The first-order valence-corrected chi connectivity index (χ1v) is 12.5. The molecule has 0 aliphatic carbocycles. The Labute approximate surface area is 202 Å². The van der Waals surface area contributed by atoms with Crippen molar-refractivity contribution in [2.24, 2.45) is 0 Å². The van der Waals surface area contributed by atoms with Gasteiger partial charge in [-0.25, -0.2) is 8.42 Å². The number of hydrogen-bond acceptors (Lipinski definition) is 4. The normalized spacial score (nSPS) is 11.8. The molecule has 0 heterocycles. The minimum atomic E-state index is -4.60.